The van der Waals surface area contributed by atoms with E-state index in [0.717, 1.165) is 24.0 Å². The first-order valence-corrected chi connectivity index (χ1v) is 9.65. The van der Waals surface area contributed by atoms with E-state index in [2.05, 4.69) is 10.6 Å². The molecule has 0 aromatic heterocycles. The van der Waals surface area contributed by atoms with Crippen molar-refractivity contribution in [1.82, 2.24) is 10.6 Å². The molecule has 1 saturated carbocycles. The van der Waals surface area contributed by atoms with Crippen LogP contribution in [0.15, 0.2) is 41.6 Å². The largest absolute Gasteiger partial charge is 0.480 e. The van der Waals surface area contributed by atoms with Crippen LogP contribution in [0.2, 0.25) is 0 Å². The Bertz CT molecular complexity index is 735. The fourth-order valence-electron chi connectivity index (χ4n) is 3.15. The second kappa shape index (κ2) is 10.0. The molecule has 0 bridgehead atoms. The second-order valence-electron chi connectivity index (χ2n) is 7.50. The Kier molecular flexibility index (Phi) is 7.75. The monoisotopic (exact) mass is 387 g/mol. The van der Waals surface area contributed by atoms with Gasteiger partial charge < -0.3 is 21.5 Å². The summed E-state index contributed by atoms with van der Waals surface area (Å²) < 4.78 is 0. The Hall–Kier alpha value is -2.67. The van der Waals surface area contributed by atoms with Gasteiger partial charge in [0.25, 0.3) is 5.91 Å². The van der Waals surface area contributed by atoms with E-state index < -0.39 is 29.9 Å². The first kappa shape index (κ1) is 21.6. The minimum absolute atomic E-state index is 0.0808. The molecule has 7 heteroatoms. The third-order valence-electron chi connectivity index (χ3n) is 4.94. The Morgan fingerprint density at radius 1 is 1.11 bits per heavy atom. The average Bonchev–Trinajstić information content (AvgIpc) is 3.19. The molecule has 1 aliphatic carbocycles. The summed E-state index contributed by atoms with van der Waals surface area (Å²) in [5.74, 6) is -2.22. The fraction of sp³-hybridized carbons (Fsp3) is 0.476. The van der Waals surface area contributed by atoms with Gasteiger partial charge in [0.15, 0.2) is 0 Å². The number of hydrogen-bond donors (Lipinski definition) is 4. The fourth-order valence-corrected chi connectivity index (χ4v) is 3.15. The molecular weight excluding hydrogens is 358 g/mol. The van der Waals surface area contributed by atoms with Gasteiger partial charge >= 0.3 is 5.97 Å². The molecule has 2 rings (SSSR count). The summed E-state index contributed by atoms with van der Waals surface area (Å²) in [6.45, 7) is 3.65. The molecule has 2 atom stereocenters. The number of carbonyl (C=O) groups excluding carboxylic acids is 2. The predicted molar refractivity (Wildman–Crippen MR) is 106 cm³/mol. The van der Waals surface area contributed by atoms with E-state index in [1.165, 1.54) is 0 Å². The molecule has 152 valence electrons. The third-order valence-corrected chi connectivity index (χ3v) is 4.94. The maximum atomic E-state index is 12.9. The normalized spacial score (nSPS) is 15.8. The summed E-state index contributed by atoms with van der Waals surface area (Å²) >= 11 is 0. The third kappa shape index (κ3) is 5.92. The van der Waals surface area contributed by atoms with Crippen LogP contribution in [0.1, 0.15) is 45.1 Å². The first-order chi connectivity index (χ1) is 13.3. The molecule has 1 aromatic rings. The number of carbonyl (C=O) groups is 3. The van der Waals surface area contributed by atoms with Gasteiger partial charge in [0.1, 0.15) is 11.7 Å². The molecule has 1 aromatic carbocycles. The van der Waals surface area contributed by atoms with Crippen LogP contribution >= 0.6 is 0 Å². The smallest absolute Gasteiger partial charge is 0.326 e. The zero-order chi connectivity index (χ0) is 20.7. The Balaban J connectivity index is 2.18. The van der Waals surface area contributed by atoms with Crippen molar-refractivity contribution >= 4 is 17.8 Å². The van der Waals surface area contributed by atoms with Gasteiger partial charge in [-0.25, -0.2) is 4.79 Å². The van der Waals surface area contributed by atoms with E-state index in [-0.39, 0.29) is 18.0 Å². The molecule has 0 aliphatic heterocycles. The topological polar surface area (TPSA) is 122 Å². The van der Waals surface area contributed by atoms with E-state index in [1.54, 1.807) is 0 Å². The highest BCUT2D eigenvalue weighted by atomic mass is 16.4. The van der Waals surface area contributed by atoms with Crippen LogP contribution < -0.4 is 16.4 Å². The van der Waals surface area contributed by atoms with Crippen LogP contribution in [-0.4, -0.2) is 35.0 Å². The molecule has 5 N–H and O–H groups in total. The number of amides is 2. The zero-order valence-corrected chi connectivity index (χ0v) is 16.4. The lowest BCUT2D eigenvalue weighted by Crippen LogP contribution is -2.49. The summed E-state index contributed by atoms with van der Waals surface area (Å²) in [6.07, 6.45) is 3.44. The maximum absolute atomic E-state index is 12.9. The molecule has 7 nitrogen and oxygen atoms in total. The molecule has 0 saturated heterocycles. The standard InChI is InChI=1S/C21H29N3O4/c1-13(2)17(22)19(25)24-18(15-10-6-7-11-15)20(26)23-16(21(27)28)12-14-8-4-3-5-9-14/h3-5,8-9,13,16-17H,6-7,10-12,22H2,1-2H3,(H,23,26)(H,24,25)(H,27,28)/t16-,17-/m0/s1. The van der Waals surface area contributed by atoms with Crippen LogP contribution in [0, 0.1) is 5.92 Å². The molecule has 1 fully saturated rings. The SMILES string of the molecule is CC(C)[C@H](N)C(=O)NC(C(=O)N[C@@H](Cc1ccccc1)C(=O)O)=C1CCCC1. The van der Waals surface area contributed by atoms with Gasteiger partial charge in [-0.05, 0) is 42.7 Å². The van der Waals surface area contributed by atoms with Crippen molar-refractivity contribution in [1.29, 1.82) is 0 Å². The van der Waals surface area contributed by atoms with Gasteiger partial charge in [0.2, 0.25) is 5.91 Å². The summed E-state index contributed by atoms with van der Waals surface area (Å²) in [5, 5.41) is 14.8. The number of carboxylic acids is 1. The maximum Gasteiger partial charge on any atom is 0.326 e. The molecular formula is C21H29N3O4. The van der Waals surface area contributed by atoms with E-state index in [0.29, 0.717) is 12.8 Å². The van der Waals surface area contributed by atoms with Crippen molar-refractivity contribution in [2.24, 2.45) is 11.7 Å². The van der Waals surface area contributed by atoms with Crippen molar-refractivity contribution in [2.75, 3.05) is 0 Å². The quantitative estimate of drug-likeness (QED) is 0.506. The van der Waals surface area contributed by atoms with Gasteiger partial charge in [-0.15, -0.1) is 0 Å². The Morgan fingerprint density at radius 3 is 2.25 bits per heavy atom. The highest BCUT2D eigenvalue weighted by Gasteiger charge is 2.28. The number of nitrogens with one attached hydrogen (secondary N) is 2. The molecule has 0 heterocycles. The van der Waals surface area contributed by atoms with Crippen molar-refractivity contribution in [3.05, 3.63) is 47.2 Å². The van der Waals surface area contributed by atoms with E-state index in [1.807, 2.05) is 44.2 Å². The highest BCUT2D eigenvalue weighted by molar-refractivity contribution is 6.00. The Labute approximate surface area is 165 Å². The van der Waals surface area contributed by atoms with Gasteiger partial charge in [-0.1, -0.05) is 44.2 Å². The molecule has 0 unspecified atom stereocenters. The number of allylic oxidation sites excluding steroid dienone is 1. The molecule has 1 aliphatic rings. The lowest BCUT2D eigenvalue weighted by atomic mass is 10.0. The number of benzene rings is 1. The Morgan fingerprint density at radius 2 is 1.71 bits per heavy atom. The number of hydrogen-bond acceptors (Lipinski definition) is 4. The number of carboxylic acid groups (broad SMARTS) is 1. The summed E-state index contributed by atoms with van der Waals surface area (Å²) in [7, 11) is 0. The molecule has 0 spiro atoms. The van der Waals surface area contributed by atoms with Crippen molar-refractivity contribution in [3.8, 4) is 0 Å². The van der Waals surface area contributed by atoms with E-state index >= 15 is 0 Å². The minimum atomic E-state index is -1.13. The van der Waals surface area contributed by atoms with E-state index in [4.69, 9.17) is 5.73 Å². The number of rotatable bonds is 8. The summed E-state index contributed by atoms with van der Waals surface area (Å²) in [6, 6.07) is 7.25. The highest BCUT2D eigenvalue weighted by Crippen LogP contribution is 2.26. The van der Waals surface area contributed by atoms with Crippen molar-refractivity contribution in [3.63, 3.8) is 0 Å². The van der Waals surface area contributed by atoms with Crippen molar-refractivity contribution in [2.45, 2.75) is 58.0 Å². The molecule has 0 radical (unpaired) electrons. The zero-order valence-electron chi connectivity index (χ0n) is 16.4. The number of aliphatic carboxylic acids is 1. The van der Waals surface area contributed by atoms with E-state index in [9.17, 15) is 19.5 Å². The molecule has 2 amide bonds. The van der Waals surface area contributed by atoms with Crippen molar-refractivity contribution < 1.29 is 19.5 Å². The number of nitrogens with two attached hydrogens (primary N) is 1. The summed E-state index contributed by atoms with van der Waals surface area (Å²) in [4.78, 5) is 36.9. The average molecular weight is 387 g/mol. The van der Waals surface area contributed by atoms with Crippen LogP contribution in [0.25, 0.3) is 0 Å². The van der Waals surface area contributed by atoms with Crippen LogP contribution in [-0.2, 0) is 20.8 Å². The van der Waals surface area contributed by atoms with Crippen LogP contribution in [0.4, 0.5) is 0 Å². The lowest BCUT2D eigenvalue weighted by Gasteiger charge is -2.20. The summed E-state index contributed by atoms with van der Waals surface area (Å²) in [5.41, 5.74) is 7.69. The minimum Gasteiger partial charge on any atom is -0.480 e. The van der Waals surface area contributed by atoms with Gasteiger partial charge in [-0.3, -0.25) is 9.59 Å². The second-order valence-corrected chi connectivity index (χ2v) is 7.50. The van der Waals surface area contributed by atoms with Gasteiger partial charge in [-0.2, -0.15) is 0 Å². The van der Waals surface area contributed by atoms with Crippen LogP contribution in [0.3, 0.4) is 0 Å². The van der Waals surface area contributed by atoms with Gasteiger partial charge in [0.05, 0.1) is 6.04 Å². The van der Waals surface area contributed by atoms with Gasteiger partial charge in [0, 0.05) is 6.42 Å². The first-order valence-electron chi connectivity index (χ1n) is 9.65. The predicted octanol–water partition coefficient (Wildman–Crippen LogP) is 1.73. The van der Waals surface area contributed by atoms with Crippen LogP contribution in [0.5, 0.6) is 0 Å². The lowest BCUT2D eigenvalue weighted by molar-refractivity contribution is -0.141. The molecule has 28 heavy (non-hydrogen) atoms.